The van der Waals surface area contributed by atoms with Crippen molar-refractivity contribution in [1.82, 2.24) is 4.90 Å². The summed E-state index contributed by atoms with van der Waals surface area (Å²) in [4.78, 5) is 16.0. The van der Waals surface area contributed by atoms with Gasteiger partial charge in [-0.3, -0.25) is 0 Å². The minimum absolute atomic E-state index is 0.254. The molecule has 2 rings (SSSR count). The maximum absolute atomic E-state index is 12.1. The number of ether oxygens (including phenoxy) is 2. The molecular weight excluding hydrogens is 304 g/mol. The highest BCUT2D eigenvalue weighted by Crippen LogP contribution is 2.31. The zero-order valence-corrected chi connectivity index (χ0v) is 14.3. The van der Waals surface area contributed by atoms with E-state index in [0.717, 1.165) is 24.5 Å². The second-order valence-electron chi connectivity index (χ2n) is 6.27. The Morgan fingerprint density at radius 3 is 2.36 bits per heavy atom. The molecule has 1 aromatic rings. The predicted molar refractivity (Wildman–Crippen MR) is 88.0 cm³/mol. The summed E-state index contributed by atoms with van der Waals surface area (Å²) in [7, 11) is 1.63. The predicted octanol–water partition coefficient (Wildman–Crippen LogP) is 3.41. The van der Waals surface area contributed by atoms with E-state index in [1.54, 1.807) is 18.1 Å². The number of piperazine rings is 1. The van der Waals surface area contributed by atoms with Gasteiger partial charge in [-0.2, -0.15) is 0 Å². The average molecular weight is 327 g/mol. The molecule has 0 spiro atoms. The third kappa shape index (κ3) is 4.19. The van der Waals surface area contributed by atoms with Crippen LogP contribution in [0.25, 0.3) is 0 Å². The van der Waals surface area contributed by atoms with E-state index in [-0.39, 0.29) is 6.09 Å². The van der Waals surface area contributed by atoms with Gasteiger partial charge in [-0.1, -0.05) is 11.6 Å². The molecule has 0 bridgehead atoms. The number of anilines is 1. The number of rotatable bonds is 2. The van der Waals surface area contributed by atoms with Crippen LogP contribution in [0, 0.1) is 0 Å². The molecule has 0 N–H and O–H groups in total. The molecule has 0 saturated carbocycles. The highest BCUT2D eigenvalue weighted by Gasteiger charge is 2.26. The Balaban J connectivity index is 1.99. The van der Waals surface area contributed by atoms with Crippen molar-refractivity contribution in [1.29, 1.82) is 0 Å². The second-order valence-corrected chi connectivity index (χ2v) is 6.71. The van der Waals surface area contributed by atoms with Gasteiger partial charge >= 0.3 is 6.09 Å². The van der Waals surface area contributed by atoms with Crippen LogP contribution in [0.3, 0.4) is 0 Å². The lowest BCUT2D eigenvalue weighted by Crippen LogP contribution is -2.50. The van der Waals surface area contributed by atoms with Crippen molar-refractivity contribution in [3.05, 3.63) is 23.2 Å². The molecule has 6 heteroatoms. The molecule has 5 nitrogen and oxygen atoms in total. The Kier molecular flexibility index (Phi) is 5.06. The van der Waals surface area contributed by atoms with Crippen LogP contribution in [0.2, 0.25) is 5.02 Å². The van der Waals surface area contributed by atoms with Crippen LogP contribution in [0.4, 0.5) is 10.5 Å². The monoisotopic (exact) mass is 326 g/mol. The second kappa shape index (κ2) is 6.65. The summed E-state index contributed by atoms with van der Waals surface area (Å²) < 4.78 is 10.8. The van der Waals surface area contributed by atoms with Gasteiger partial charge in [0, 0.05) is 37.3 Å². The number of hydrogen-bond donors (Lipinski definition) is 0. The van der Waals surface area contributed by atoms with Crippen molar-refractivity contribution in [3.8, 4) is 5.75 Å². The summed E-state index contributed by atoms with van der Waals surface area (Å²) in [6, 6.07) is 5.60. The molecule has 0 aliphatic carbocycles. The van der Waals surface area contributed by atoms with Crippen molar-refractivity contribution < 1.29 is 14.3 Å². The molecule has 1 saturated heterocycles. The number of nitrogens with zero attached hydrogens (tertiary/aromatic N) is 2. The molecule has 1 heterocycles. The summed E-state index contributed by atoms with van der Waals surface area (Å²) in [6.07, 6.45) is -0.254. The molecular formula is C16H23ClN2O3. The van der Waals surface area contributed by atoms with Gasteiger partial charge in [0.15, 0.2) is 0 Å². The molecule has 0 aromatic heterocycles. The van der Waals surface area contributed by atoms with E-state index in [1.807, 2.05) is 32.9 Å². The summed E-state index contributed by atoms with van der Waals surface area (Å²) in [6.45, 7) is 8.34. The van der Waals surface area contributed by atoms with Crippen molar-refractivity contribution in [2.24, 2.45) is 0 Å². The number of carbonyl (C=O) groups excluding carboxylic acids is 1. The minimum Gasteiger partial charge on any atom is -0.495 e. The van der Waals surface area contributed by atoms with Crippen LogP contribution < -0.4 is 9.64 Å². The minimum atomic E-state index is -0.465. The SMILES string of the molecule is COc1cc(Cl)ccc1N1CCN(C(=O)OC(C)(C)C)CC1. The fraction of sp³-hybridized carbons (Fsp3) is 0.562. The van der Waals surface area contributed by atoms with Gasteiger partial charge in [-0.25, -0.2) is 4.79 Å². The first-order chi connectivity index (χ1) is 10.3. The molecule has 122 valence electrons. The number of methoxy groups -OCH3 is 1. The van der Waals surface area contributed by atoms with E-state index in [9.17, 15) is 4.79 Å². The lowest BCUT2D eigenvalue weighted by molar-refractivity contribution is 0.0240. The molecule has 1 aliphatic rings. The number of carbonyl (C=O) groups is 1. The summed E-state index contributed by atoms with van der Waals surface area (Å²) in [5, 5.41) is 0.646. The lowest BCUT2D eigenvalue weighted by atomic mass is 10.2. The summed E-state index contributed by atoms with van der Waals surface area (Å²) >= 11 is 5.99. The van der Waals surface area contributed by atoms with Gasteiger partial charge in [-0.15, -0.1) is 0 Å². The fourth-order valence-electron chi connectivity index (χ4n) is 2.37. The average Bonchev–Trinajstić information content (AvgIpc) is 2.45. The number of hydrogen-bond acceptors (Lipinski definition) is 4. The Morgan fingerprint density at radius 1 is 1.18 bits per heavy atom. The number of amides is 1. The van der Waals surface area contributed by atoms with E-state index >= 15 is 0 Å². The standard InChI is InChI=1S/C16H23ClN2O3/c1-16(2,3)22-15(20)19-9-7-18(8-10-19)13-6-5-12(17)11-14(13)21-4/h5-6,11H,7-10H2,1-4H3. The summed E-state index contributed by atoms with van der Waals surface area (Å²) in [5.41, 5.74) is 0.531. The largest absolute Gasteiger partial charge is 0.495 e. The number of halogens is 1. The normalized spacial score (nSPS) is 15.7. The quantitative estimate of drug-likeness (QED) is 0.835. The Hall–Kier alpha value is -1.62. The maximum atomic E-state index is 12.1. The highest BCUT2D eigenvalue weighted by molar-refractivity contribution is 6.30. The first-order valence-corrected chi connectivity index (χ1v) is 7.74. The van der Waals surface area contributed by atoms with Gasteiger partial charge in [0.1, 0.15) is 11.4 Å². The van der Waals surface area contributed by atoms with Gasteiger partial charge in [-0.05, 0) is 32.9 Å². The maximum Gasteiger partial charge on any atom is 0.410 e. The molecule has 0 unspecified atom stereocenters. The lowest BCUT2D eigenvalue weighted by Gasteiger charge is -2.37. The van der Waals surface area contributed by atoms with Crippen LogP contribution in [-0.4, -0.2) is 49.9 Å². The zero-order chi connectivity index (χ0) is 16.3. The molecule has 1 aromatic carbocycles. The smallest absolute Gasteiger partial charge is 0.410 e. The molecule has 1 aliphatic heterocycles. The van der Waals surface area contributed by atoms with E-state index in [2.05, 4.69) is 4.90 Å². The Labute approximate surface area is 136 Å². The molecule has 22 heavy (non-hydrogen) atoms. The fourth-order valence-corrected chi connectivity index (χ4v) is 2.53. The Morgan fingerprint density at radius 2 is 1.82 bits per heavy atom. The first kappa shape index (κ1) is 16.7. The van der Waals surface area contributed by atoms with E-state index < -0.39 is 5.60 Å². The number of benzene rings is 1. The van der Waals surface area contributed by atoms with Crippen LogP contribution in [0.5, 0.6) is 5.75 Å². The van der Waals surface area contributed by atoms with E-state index in [4.69, 9.17) is 21.1 Å². The van der Waals surface area contributed by atoms with Crippen molar-refractivity contribution in [2.45, 2.75) is 26.4 Å². The van der Waals surface area contributed by atoms with Crippen LogP contribution in [0.1, 0.15) is 20.8 Å². The van der Waals surface area contributed by atoms with E-state index in [1.165, 1.54) is 0 Å². The van der Waals surface area contributed by atoms with Crippen molar-refractivity contribution >= 4 is 23.4 Å². The summed E-state index contributed by atoms with van der Waals surface area (Å²) in [5.74, 6) is 0.748. The van der Waals surface area contributed by atoms with Gasteiger partial charge in [0.05, 0.1) is 12.8 Å². The van der Waals surface area contributed by atoms with Gasteiger partial charge < -0.3 is 19.3 Å². The van der Waals surface area contributed by atoms with Crippen LogP contribution in [0.15, 0.2) is 18.2 Å². The molecule has 0 radical (unpaired) electrons. The van der Waals surface area contributed by atoms with Gasteiger partial charge in [0.2, 0.25) is 0 Å². The topological polar surface area (TPSA) is 42.0 Å². The molecule has 1 fully saturated rings. The molecule has 1 amide bonds. The Bertz CT molecular complexity index is 535. The van der Waals surface area contributed by atoms with Crippen LogP contribution >= 0.6 is 11.6 Å². The molecule has 0 atom stereocenters. The van der Waals surface area contributed by atoms with Crippen LogP contribution in [-0.2, 0) is 4.74 Å². The zero-order valence-electron chi connectivity index (χ0n) is 13.6. The van der Waals surface area contributed by atoms with E-state index in [0.29, 0.717) is 18.1 Å². The van der Waals surface area contributed by atoms with Gasteiger partial charge in [0.25, 0.3) is 0 Å². The highest BCUT2D eigenvalue weighted by atomic mass is 35.5. The third-order valence-corrected chi connectivity index (χ3v) is 3.65. The van der Waals surface area contributed by atoms with Crippen molar-refractivity contribution in [3.63, 3.8) is 0 Å². The third-order valence-electron chi connectivity index (χ3n) is 3.41. The first-order valence-electron chi connectivity index (χ1n) is 7.36. The van der Waals surface area contributed by atoms with Crippen molar-refractivity contribution in [2.75, 3.05) is 38.2 Å².